The number of likely N-dealkylation sites (N-methyl/N-ethyl adjacent to an activating group) is 1. The average molecular weight is 392 g/mol. The molecule has 1 heterocycles. The molecule has 0 bridgehead atoms. The third-order valence-corrected chi connectivity index (χ3v) is 6.36. The molecular formula is C21H37N5O2. The van der Waals surface area contributed by atoms with Gasteiger partial charge in [-0.2, -0.15) is 0 Å². The molecule has 28 heavy (non-hydrogen) atoms. The molecule has 0 radical (unpaired) electrons. The lowest BCUT2D eigenvalue weighted by Crippen LogP contribution is -2.48. The number of hydrogen-bond donors (Lipinski definition) is 2. The zero-order valence-electron chi connectivity index (χ0n) is 17.6. The third kappa shape index (κ3) is 5.85. The highest BCUT2D eigenvalue weighted by Gasteiger charge is 2.32. The number of nitrogens with one attached hydrogen (secondary N) is 2. The van der Waals surface area contributed by atoms with Crippen molar-refractivity contribution in [3.05, 3.63) is 0 Å². The quantitative estimate of drug-likeness (QED) is 0.553. The van der Waals surface area contributed by atoms with Crippen LogP contribution in [0.25, 0.3) is 0 Å². The lowest BCUT2D eigenvalue weighted by molar-refractivity contribution is -0.135. The van der Waals surface area contributed by atoms with Gasteiger partial charge in [0.2, 0.25) is 11.8 Å². The van der Waals surface area contributed by atoms with E-state index in [4.69, 9.17) is 0 Å². The molecule has 1 atom stereocenters. The Balaban J connectivity index is 1.54. The van der Waals surface area contributed by atoms with Gasteiger partial charge in [-0.3, -0.25) is 9.59 Å². The van der Waals surface area contributed by atoms with Crippen LogP contribution in [-0.4, -0.2) is 73.4 Å². The zero-order chi connectivity index (χ0) is 19.9. The third-order valence-electron chi connectivity index (χ3n) is 6.36. The van der Waals surface area contributed by atoms with Gasteiger partial charge in [-0.25, -0.2) is 4.99 Å². The fraction of sp³-hybridized carbons (Fsp3) is 0.857. The Morgan fingerprint density at radius 3 is 2.25 bits per heavy atom. The molecule has 1 unspecified atom stereocenters. The van der Waals surface area contributed by atoms with E-state index in [9.17, 15) is 9.59 Å². The summed E-state index contributed by atoms with van der Waals surface area (Å²) < 4.78 is 0. The number of amides is 2. The van der Waals surface area contributed by atoms with Crippen LogP contribution < -0.4 is 10.6 Å². The van der Waals surface area contributed by atoms with E-state index in [1.54, 1.807) is 19.0 Å². The second-order valence-corrected chi connectivity index (χ2v) is 8.83. The molecule has 0 aromatic carbocycles. The van der Waals surface area contributed by atoms with E-state index in [-0.39, 0.29) is 24.4 Å². The highest BCUT2D eigenvalue weighted by molar-refractivity contribution is 5.85. The van der Waals surface area contributed by atoms with Crippen molar-refractivity contribution >= 4 is 17.8 Å². The summed E-state index contributed by atoms with van der Waals surface area (Å²) in [5.74, 6) is 1.29. The molecule has 7 nitrogen and oxygen atoms in total. The van der Waals surface area contributed by atoms with E-state index >= 15 is 0 Å². The van der Waals surface area contributed by atoms with Gasteiger partial charge in [0.1, 0.15) is 6.54 Å². The SMILES string of the molecule is CN(C)C(=O)CN=C(NC1CCCC1)NC1CCN(C(=O)C2CCCCC2)C1. The van der Waals surface area contributed by atoms with Crippen LogP contribution in [-0.2, 0) is 9.59 Å². The van der Waals surface area contributed by atoms with Gasteiger partial charge in [0.15, 0.2) is 5.96 Å². The summed E-state index contributed by atoms with van der Waals surface area (Å²) in [4.78, 5) is 32.9. The Kier molecular flexibility index (Phi) is 7.57. The Morgan fingerprint density at radius 1 is 0.929 bits per heavy atom. The van der Waals surface area contributed by atoms with E-state index < -0.39 is 0 Å². The summed E-state index contributed by atoms with van der Waals surface area (Å²) in [6.45, 7) is 1.70. The second-order valence-electron chi connectivity index (χ2n) is 8.83. The van der Waals surface area contributed by atoms with Crippen LogP contribution in [0.2, 0.25) is 0 Å². The van der Waals surface area contributed by atoms with E-state index in [1.165, 1.54) is 32.1 Å². The van der Waals surface area contributed by atoms with Crippen LogP contribution in [0.3, 0.4) is 0 Å². The van der Waals surface area contributed by atoms with Crippen molar-refractivity contribution in [3.8, 4) is 0 Å². The van der Waals surface area contributed by atoms with Crippen LogP contribution in [0.15, 0.2) is 4.99 Å². The minimum Gasteiger partial charge on any atom is -0.354 e. The molecule has 3 aliphatic rings. The highest BCUT2D eigenvalue weighted by Crippen LogP contribution is 2.26. The second kappa shape index (κ2) is 10.1. The van der Waals surface area contributed by atoms with Crippen LogP contribution >= 0.6 is 0 Å². The first-order chi connectivity index (χ1) is 13.5. The van der Waals surface area contributed by atoms with Crippen molar-refractivity contribution in [2.45, 2.75) is 76.3 Å². The molecule has 7 heteroatoms. The maximum absolute atomic E-state index is 12.8. The van der Waals surface area contributed by atoms with Crippen molar-refractivity contribution in [1.29, 1.82) is 0 Å². The van der Waals surface area contributed by atoms with Crippen molar-refractivity contribution in [2.75, 3.05) is 33.7 Å². The molecule has 3 rings (SSSR count). The molecule has 2 amide bonds. The molecule has 0 aromatic rings. The molecular weight excluding hydrogens is 354 g/mol. The maximum Gasteiger partial charge on any atom is 0.243 e. The van der Waals surface area contributed by atoms with Crippen molar-refractivity contribution in [3.63, 3.8) is 0 Å². The van der Waals surface area contributed by atoms with Gasteiger partial charge in [0.05, 0.1) is 0 Å². The fourth-order valence-corrected chi connectivity index (χ4v) is 4.56. The minimum atomic E-state index is -0.00644. The monoisotopic (exact) mass is 391 g/mol. The van der Waals surface area contributed by atoms with E-state index in [0.717, 1.165) is 51.2 Å². The first kappa shape index (κ1) is 20.9. The van der Waals surface area contributed by atoms with Gasteiger partial charge in [0, 0.05) is 45.2 Å². The standard InChI is InChI=1S/C21H37N5O2/c1-25(2)19(27)14-22-21(23-17-10-6-7-11-17)24-18-12-13-26(15-18)20(28)16-8-4-3-5-9-16/h16-18H,3-15H2,1-2H3,(H2,22,23,24). The smallest absolute Gasteiger partial charge is 0.243 e. The molecule has 2 N–H and O–H groups in total. The molecule has 1 saturated heterocycles. The lowest BCUT2D eigenvalue weighted by atomic mass is 9.88. The van der Waals surface area contributed by atoms with Gasteiger partial charge in [0.25, 0.3) is 0 Å². The zero-order valence-corrected chi connectivity index (χ0v) is 17.6. The van der Waals surface area contributed by atoms with E-state index in [0.29, 0.717) is 11.9 Å². The largest absolute Gasteiger partial charge is 0.354 e. The van der Waals surface area contributed by atoms with Crippen LogP contribution in [0.1, 0.15) is 64.2 Å². The molecule has 2 aliphatic carbocycles. The summed E-state index contributed by atoms with van der Waals surface area (Å²) in [6, 6.07) is 0.636. The van der Waals surface area contributed by atoms with Crippen LogP contribution in [0, 0.1) is 5.92 Å². The summed E-state index contributed by atoms with van der Waals surface area (Å²) >= 11 is 0. The molecule has 0 spiro atoms. The van der Waals surface area contributed by atoms with Gasteiger partial charge in [-0.15, -0.1) is 0 Å². The average Bonchev–Trinajstić information content (AvgIpc) is 3.38. The van der Waals surface area contributed by atoms with Crippen molar-refractivity contribution in [1.82, 2.24) is 20.4 Å². The Labute approximate surface area is 169 Å². The summed E-state index contributed by atoms with van der Waals surface area (Å²) in [7, 11) is 3.50. The first-order valence-corrected chi connectivity index (χ1v) is 11.1. The number of carbonyl (C=O) groups excluding carboxylic acids is 2. The minimum absolute atomic E-state index is 0.00644. The molecule has 158 valence electrons. The van der Waals surface area contributed by atoms with Crippen molar-refractivity contribution in [2.24, 2.45) is 10.9 Å². The number of hydrogen-bond acceptors (Lipinski definition) is 3. The number of rotatable bonds is 5. The predicted molar refractivity (Wildman–Crippen MR) is 111 cm³/mol. The molecule has 1 aliphatic heterocycles. The van der Waals surface area contributed by atoms with Crippen LogP contribution in [0.5, 0.6) is 0 Å². The molecule has 0 aromatic heterocycles. The number of aliphatic imine (C=N–C) groups is 1. The van der Waals surface area contributed by atoms with E-state index in [1.807, 2.05) is 4.90 Å². The highest BCUT2D eigenvalue weighted by atomic mass is 16.2. The molecule has 2 saturated carbocycles. The summed E-state index contributed by atoms with van der Waals surface area (Å²) in [5.41, 5.74) is 0. The maximum atomic E-state index is 12.8. The van der Waals surface area contributed by atoms with E-state index in [2.05, 4.69) is 15.6 Å². The summed E-state index contributed by atoms with van der Waals surface area (Å²) in [5, 5.41) is 7.01. The Bertz CT molecular complexity index is 565. The fourth-order valence-electron chi connectivity index (χ4n) is 4.56. The normalized spacial score (nSPS) is 24.4. The van der Waals surface area contributed by atoms with Gasteiger partial charge >= 0.3 is 0 Å². The Morgan fingerprint density at radius 2 is 1.57 bits per heavy atom. The topological polar surface area (TPSA) is 77.0 Å². The van der Waals surface area contributed by atoms with Crippen molar-refractivity contribution < 1.29 is 9.59 Å². The van der Waals surface area contributed by atoms with Gasteiger partial charge in [-0.1, -0.05) is 32.1 Å². The molecule has 3 fully saturated rings. The summed E-state index contributed by atoms with van der Waals surface area (Å²) in [6.07, 6.45) is 11.5. The van der Waals surface area contributed by atoms with Gasteiger partial charge in [-0.05, 0) is 32.1 Å². The first-order valence-electron chi connectivity index (χ1n) is 11.1. The number of carbonyl (C=O) groups is 2. The number of likely N-dealkylation sites (tertiary alicyclic amines) is 1. The predicted octanol–water partition coefficient (Wildman–Crippen LogP) is 1.73. The lowest BCUT2D eigenvalue weighted by Gasteiger charge is -2.26. The number of guanidine groups is 1. The van der Waals surface area contributed by atoms with Crippen LogP contribution in [0.4, 0.5) is 0 Å². The van der Waals surface area contributed by atoms with Gasteiger partial charge < -0.3 is 20.4 Å². The number of nitrogens with zero attached hydrogens (tertiary/aromatic N) is 3. The Hall–Kier alpha value is -1.79.